The zero-order valence-corrected chi connectivity index (χ0v) is 12.4. The van der Waals surface area contributed by atoms with E-state index in [4.69, 9.17) is 9.47 Å². The molecule has 1 saturated heterocycles. The molecule has 1 aromatic carbocycles. The number of nitrogens with zero attached hydrogens (tertiary/aromatic N) is 1. The normalized spacial score (nSPS) is 17.9. The van der Waals surface area contributed by atoms with Crippen LogP contribution in [0.4, 0.5) is 0 Å². The first-order valence-corrected chi connectivity index (χ1v) is 7.25. The van der Waals surface area contributed by atoms with Crippen molar-refractivity contribution in [3.05, 3.63) is 46.1 Å². The predicted octanol–water partition coefficient (Wildman–Crippen LogP) is 2.60. The number of carbonyl (C=O) groups excluding carboxylic acids is 1. The molecule has 0 aromatic heterocycles. The Hall–Kier alpha value is -1.59. The molecule has 3 rings (SSSR count). The number of benzene rings is 1. The number of ether oxygens (including phenoxy) is 2. The van der Waals surface area contributed by atoms with Gasteiger partial charge in [0.2, 0.25) is 0 Å². The summed E-state index contributed by atoms with van der Waals surface area (Å²) in [5, 5.41) is 0. The molecular weight excluding hydrogens is 322 g/mol. The van der Waals surface area contributed by atoms with Crippen LogP contribution in [0.2, 0.25) is 0 Å². The molecule has 0 radical (unpaired) electrons. The number of hydrogen-bond donors (Lipinski definition) is 0. The second-order valence-electron chi connectivity index (χ2n) is 4.61. The molecule has 0 unspecified atom stereocenters. The van der Waals surface area contributed by atoms with E-state index in [1.807, 2.05) is 29.2 Å². The van der Waals surface area contributed by atoms with Crippen molar-refractivity contribution in [3.8, 4) is 5.75 Å². The van der Waals surface area contributed by atoms with Gasteiger partial charge in [-0.2, -0.15) is 0 Å². The van der Waals surface area contributed by atoms with Gasteiger partial charge in [0, 0.05) is 28.7 Å². The number of amides is 1. The van der Waals surface area contributed by atoms with Gasteiger partial charge in [-0.25, -0.2) is 0 Å². The third kappa shape index (κ3) is 2.78. The van der Waals surface area contributed by atoms with Crippen molar-refractivity contribution in [2.75, 3.05) is 26.3 Å². The summed E-state index contributed by atoms with van der Waals surface area (Å²) < 4.78 is 11.7. The molecule has 4 nitrogen and oxygen atoms in total. The van der Waals surface area contributed by atoms with Crippen molar-refractivity contribution in [2.24, 2.45) is 0 Å². The lowest BCUT2D eigenvalue weighted by molar-refractivity contribution is -0.130. The van der Waals surface area contributed by atoms with E-state index < -0.39 is 0 Å². The third-order valence-electron chi connectivity index (χ3n) is 3.27. The SMILES string of the molecule is O=C(C1=Cc2cc(Br)ccc2OC=C1)N1CCOCC1. The number of rotatable bonds is 1. The maximum Gasteiger partial charge on any atom is 0.254 e. The lowest BCUT2D eigenvalue weighted by atomic mass is 10.1. The summed E-state index contributed by atoms with van der Waals surface area (Å²) >= 11 is 3.43. The summed E-state index contributed by atoms with van der Waals surface area (Å²) in [6.07, 6.45) is 5.14. The second-order valence-corrected chi connectivity index (χ2v) is 5.52. The molecule has 0 spiro atoms. The van der Waals surface area contributed by atoms with Crippen LogP contribution in [0, 0.1) is 0 Å². The maximum atomic E-state index is 12.5. The molecule has 2 heterocycles. The van der Waals surface area contributed by atoms with Gasteiger partial charge in [0.25, 0.3) is 5.91 Å². The zero-order chi connectivity index (χ0) is 13.9. The summed E-state index contributed by atoms with van der Waals surface area (Å²) in [6.45, 7) is 2.47. The average Bonchev–Trinajstić information content (AvgIpc) is 2.69. The fourth-order valence-electron chi connectivity index (χ4n) is 2.22. The molecule has 0 N–H and O–H groups in total. The Morgan fingerprint density at radius 2 is 2.05 bits per heavy atom. The first kappa shape index (κ1) is 13.4. The highest BCUT2D eigenvalue weighted by molar-refractivity contribution is 9.10. The van der Waals surface area contributed by atoms with E-state index in [1.54, 1.807) is 12.3 Å². The minimum absolute atomic E-state index is 0.0148. The second kappa shape index (κ2) is 5.81. The molecule has 1 aromatic rings. The van der Waals surface area contributed by atoms with E-state index in [0.29, 0.717) is 31.9 Å². The van der Waals surface area contributed by atoms with Gasteiger partial charge in [-0.3, -0.25) is 4.79 Å². The monoisotopic (exact) mass is 335 g/mol. The fraction of sp³-hybridized carbons (Fsp3) is 0.267. The van der Waals surface area contributed by atoms with Crippen LogP contribution in [0.3, 0.4) is 0 Å². The van der Waals surface area contributed by atoms with E-state index in [0.717, 1.165) is 15.8 Å². The van der Waals surface area contributed by atoms with Crippen LogP contribution >= 0.6 is 15.9 Å². The lowest BCUT2D eigenvalue weighted by Crippen LogP contribution is -2.41. The first-order valence-electron chi connectivity index (χ1n) is 6.45. The van der Waals surface area contributed by atoms with E-state index >= 15 is 0 Å². The predicted molar refractivity (Wildman–Crippen MR) is 79.3 cm³/mol. The first-order chi connectivity index (χ1) is 9.74. The van der Waals surface area contributed by atoms with Gasteiger partial charge in [-0.1, -0.05) is 15.9 Å². The van der Waals surface area contributed by atoms with E-state index in [9.17, 15) is 4.79 Å². The van der Waals surface area contributed by atoms with Crippen molar-refractivity contribution in [3.63, 3.8) is 0 Å². The van der Waals surface area contributed by atoms with Crippen molar-refractivity contribution < 1.29 is 14.3 Å². The quantitative estimate of drug-likeness (QED) is 0.791. The standard InChI is InChI=1S/C15H14BrNO3/c16-13-1-2-14-12(10-13)9-11(3-6-20-14)15(18)17-4-7-19-8-5-17/h1-3,6,9-10H,4-5,7-8H2. The molecule has 2 aliphatic heterocycles. The summed E-state index contributed by atoms with van der Waals surface area (Å²) in [6, 6.07) is 5.73. The topological polar surface area (TPSA) is 38.8 Å². The van der Waals surface area contributed by atoms with Gasteiger partial charge in [-0.05, 0) is 30.4 Å². The Balaban J connectivity index is 1.90. The van der Waals surface area contributed by atoms with E-state index in [-0.39, 0.29) is 5.91 Å². The minimum atomic E-state index is 0.0148. The van der Waals surface area contributed by atoms with Crippen molar-refractivity contribution in [1.82, 2.24) is 4.90 Å². The summed E-state index contributed by atoms with van der Waals surface area (Å²) in [5.74, 6) is 0.759. The molecular formula is C15H14BrNO3. The van der Waals surface area contributed by atoms with Crippen molar-refractivity contribution >= 4 is 27.9 Å². The van der Waals surface area contributed by atoms with Crippen LogP contribution in [-0.4, -0.2) is 37.1 Å². The molecule has 0 aliphatic carbocycles. The number of hydrogen-bond acceptors (Lipinski definition) is 3. The number of fused-ring (bicyclic) bond motifs is 1. The highest BCUT2D eigenvalue weighted by Gasteiger charge is 2.20. The maximum absolute atomic E-state index is 12.5. The van der Waals surface area contributed by atoms with Gasteiger partial charge in [0.1, 0.15) is 5.75 Å². The van der Waals surface area contributed by atoms with Gasteiger partial charge in [0.15, 0.2) is 0 Å². The van der Waals surface area contributed by atoms with E-state index in [1.165, 1.54) is 0 Å². The molecule has 1 fully saturated rings. The molecule has 2 aliphatic rings. The number of halogens is 1. The molecule has 0 saturated carbocycles. The fourth-order valence-corrected chi connectivity index (χ4v) is 2.60. The summed E-state index contributed by atoms with van der Waals surface area (Å²) in [7, 11) is 0. The molecule has 0 atom stereocenters. The Labute approximate surface area is 125 Å². The Bertz CT molecular complexity index is 589. The third-order valence-corrected chi connectivity index (χ3v) is 3.76. The number of carbonyl (C=O) groups is 1. The molecule has 1 amide bonds. The van der Waals surface area contributed by atoms with Crippen LogP contribution in [0.1, 0.15) is 5.56 Å². The van der Waals surface area contributed by atoms with Crippen LogP contribution in [0.15, 0.2) is 40.6 Å². The smallest absolute Gasteiger partial charge is 0.254 e. The highest BCUT2D eigenvalue weighted by atomic mass is 79.9. The lowest BCUT2D eigenvalue weighted by Gasteiger charge is -2.27. The van der Waals surface area contributed by atoms with Crippen molar-refractivity contribution in [1.29, 1.82) is 0 Å². The molecule has 104 valence electrons. The van der Waals surface area contributed by atoms with E-state index in [2.05, 4.69) is 15.9 Å². The van der Waals surface area contributed by atoms with Crippen LogP contribution < -0.4 is 4.74 Å². The zero-order valence-electron chi connectivity index (χ0n) is 10.8. The minimum Gasteiger partial charge on any atom is -0.464 e. The van der Waals surface area contributed by atoms with Gasteiger partial charge in [-0.15, -0.1) is 0 Å². The van der Waals surface area contributed by atoms with Gasteiger partial charge >= 0.3 is 0 Å². The Morgan fingerprint density at radius 3 is 2.85 bits per heavy atom. The van der Waals surface area contributed by atoms with Crippen molar-refractivity contribution in [2.45, 2.75) is 0 Å². The van der Waals surface area contributed by atoms with Crippen LogP contribution in [-0.2, 0) is 9.53 Å². The van der Waals surface area contributed by atoms with Crippen LogP contribution in [0.25, 0.3) is 6.08 Å². The highest BCUT2D eigenvalue weighted by Crippen LogP contribution is 2.28. The Kier molecular flexibility index (Phi) is 3.89. The Morgan fingerprint density at radius 1 is 1.25 bits per heavy atom. The number of morpholine rings is 1. The molecule has 0 bridgehead atoms. The molecule has 20 heavy (non-hydrogen) atoms. The van der Waals surface area contributed by atoms with Gasteiger partial charge in [0.05, 0.1) is 19.5 Å². The largest absolute Gasteiger partial charge is 0.464 e. The summed E-state index contributed by atoms with van der Waals surface area (Å²) in [5.41, 5.74) is 1.52. The average molecular weight is 336 g/mol. The molecule has 5 heteroatoms. The van der Waals surface area contributed by atoms with Gasteiger partial charge < -0.3 is 14.4 Å². The van der Waals surface area contributed by atoms with Crippen LogP contribution in [0.5, 0.6) is 5.75 Å². The summed E-state index contributed by atoms with van der Waals surface area (Å²) in [4.78, 5) is 14.3.